The molecule has 9 amide bonds. The molecule has 5 aliphatic rings. The van der Waals surface area contributed by atoms with Gasteiger partial charge >= 0.3 is 47.8 Å². The predicted octanol–water partition coefficient (Wildman–Crippen LogP) is 2.56. The van der Waals surface area contributed by atoms with Crippen molar-refractivity contribution >= 4 is 101 Å². The van der Waals surface area contributed by atoms with Crippen LogP contribution in [0.5, 0.6) is 0 Å². The maximum atomic E-state index is 11.7. The molecule has 0 saturated carbocycles. The molecule has 35 heteroatoms. The molecule has 0 saturated heterocycles. The summed E-state index contributed by atoms with van der Waals surface area (Å²) in [7, 11) is 0. The standard InChI is InChI=1S/C19H30N2O7.C12H17NO4.C11H23NO4.2C8H9NO4.C7H15NO2.C5H4O3/c1-14-13-16(23)21(18(14)25)8-5-15(22)20-7-10-27-12-11-26-9-6-17(24)28-19(2,3)4;1-8-7-9(14)13(11(8)16)6-5-10(15)17-12(2,3)4;1-11(2,3)16-10(13)4-6-14-8-9-15-7-5-12;2*1-5-4-6(10)9(8(5)13)3-2-7(11)12;1-7(2,3)10-6(9)4-5-8;1-3-2-4(6)8-5(3)7/h13H,5-12H2,1-4H3,(H,20,22);7H,5-6H2,1-4H3;4-9,12H2,1-3H3;2*4H,2-3H2,1H3,(H,11,12);4-5,8H2,1-3H3;2H,1H3. The van der Waals surface area contributed by atoms with E-state index in [-0.39, 0.29) is 124 Å². The van der Waals surface area contributed by atoms with Gasteiger partial charge in [-0.1, -0.05) is 0 Å². The Kier molecular flexibility index (Phi) is 45.7. The number of nitrogens with zero attached hydrogens (tertiary/aromatic N) is 4. The highest BCUT2D eigenvalue weighted by atomic mass is 16.6. The van der Waals surface area contributed by atoms with Gasteiger partial charge in [0, 0.05) is 110 Å². The second-order valence-electron chi connectivity index (χ2n) is 26.8. The molecule has 0 bridgehead atoms. The van der Waals surface area contributed by atoms with Crippen molar-refractivity contribution < 1.29 is 134 Å². The third kappa shape index (κ3) is 47.4. The van der Waals surface area contributed by atoms with Crippen molar-refractivity contribution in [1.82, 2.24) is 24.9 Å². The number of esters is 6. The quantitative estimate of drug-likeness (QED) is 0.0219. The molecule has 0 aromatic carbocycles. The predicted molar refractivity (Wildman–Crippen MR) is 372 cm³/mol. The van der Waals surface area contributed by atoms with Gasteiger partial charge in [-0.2, -0.15) is 0 Å². The van der Waals surface area contributed by atoms with Crippen LogP contribution in [0.25, 0.3) is 0 Å². The molecule has 5 aliphatic heterocycles. The summed E-state index contributed by atoms with van der Waals surface area (Å²) < 4.78 is 45.3. The zero-order valence-electron chi connectivity index (χ0n) is 63.4. The smallest absolute Gasteiger partial charge is 0.341 e. The van der Waals surface area contributed by atoms with Gasteiger partial charge in [-0.05, 0) is 118 Å². The van der Waals surface area contributed by atoms with E-state index in [1.165, 1.54) is 51.2 Å². The first kappa shape index (κ1) is 97.5. The summed E-state index contributed by atoms with van der Waals surface area (Å²) in [6, 6.07) is 0. The van der Waals surface area contributed by atoms with Crippen LogP contribution in [0.2, 0.25) is 0 Å². The minimum absolute atomic E-state index is 0.0237. The van der Waals surface area contributed by atoms with E-state index in [2.05, 4.69) is 10.1 Å². The lowest BCUT2D eigenvalue weighted by Crippen LogP contribution is -2.36. The summed E-state index contributed by atoms with van der Waals surface area (Å²) in [5.74, 6) is -7.68. The van der Waals surface area contributed by atoms with Crippen LogP contribution < -0.4 is 16.8 Å². The van der Waals surface area contributed by atoms with Gasteiger partial charge in [-0.25, -0.2) is 9.59 Å². The van der Waals surface area contributed by atoms with Crippen LogP contribution in [-0.2, 0) is 124 Å². The molecule has 5 rings (SSSR count). The lowest BCUT2D eigenvalue weighted by Gasteiger charge is -2.20. The van der Waals surface area contributed by atoms with Gasteiger partial charge in [0.1, 0.15) is 22.4 Å². The summed E-state index contributed by atoms with van der Waals surface area (Å²) in [5, 5.41) is 19.3. The molecule has 0 aromatic rings. The van der Waals surface area contributed by atoms with Crippen LogP contribution in [-0.4, -0.2) is 252 Å². The second kappa shape index (κ2) is 49.2. The lowest BCUT2D eigenvalue weighted by molar-refractivity contribution is -0.157. The van der Waals surface area contributed by atoms with Crippen LogP contribution in [0.1, 0.15) is 163 Å². The lowest BCUT2D eigenvalue weighted by atomic mass is 10.2. The molecule has 0 spiro atoms. The van der Waals surface area contributed by atoms with E-state index in [0.29, 0.717) is 100 Å². The number of rotatable bonds is 31. The van der Waals surface area contributed by atoms with Gasteiger partial charge in [0.25, 0.3) is 47.3 Å². The number of aliphatic carboxylic acids is 2. The highest BCUT2D eigenvalue weighted by Crippen LogP contribution is 2.17. The Bertz CT molecular complexity index is 3160. The van der Waals surface area contributed by atoms with E-state index in [0.717, 1.165) is 19.6 Å². The van der Waals surface area contributed by atoms with Crippen molar-refractivity contribution in [2.75, 3.05) is 98.7 Å². The van der Waals surface area contributed by atoms with E-state index >= 15 is 0 Å². The van der Waals surface area contributed by atoms with E-state index in [9.17, 15) is 81.5 Å². The fraction of sp³-hybridized carbons (Fsp3) is 0.614. The number of cyclic esters (lactones) is 2. The van der Waals surface area contributed by atoms with Crippen molar-refractivity contribution in [3.8, 4) is 0 Å². The van der Waals surface area contributed by atoms with Crippen molar-refractivity contribution in [1.29, 1.82) is 0 Å². The Hall–Kier alpha value is -9.55. The van der Waals surface area contributed by atoms with Gasteiger partial charge < -0.3 is 69.6 Å². The van der Waals surface area contributed by atoms with Gasteiger partial charge in [-0.3, -0.25) is 91.5 Å². The van der Waals surface area contributed by atoms with Crippen LogP contribution in [0, 0.1) is 0 Å². The zero-order valence-corrected chi connectivity index (χ0v) is 63.4. The molecular weight excluding hydrogens is 1390 g/mol. The van der Waals surface area contributed by atoms with Gasteiger partial charge in [-0.15, -0.1) is 0 Å². The van der Waals surface area contributed by atoms with E-state index in [1.807, 2.05) is 62.3 Å². The number of hydrogen-bond donors (Lipinski definition) is 5. The fourth-order valence-corrected chi connectivity index (χ4v) is 7.74. The number of hydrogen-bond acceptors (Lipinski definition) is 28. The maximum absolute atomic E-state index is 11.7. The normalized spacial score (nSPS) is 14.7. The zero-order chi connectivity index (χ0) is 81.2. The molecule has 35 nitrogen and oxygen atoms in total. The summed E-state index contributed by atoms with van der Waals surface area (Å²) in [6.45, 7) is 33.8. The van der Waals surface area contributed by atoms with E-state index < -0.39 is 70.3 Å². The maximum Gasteiger partial charge on any atom is 0.341 e. The van der Waals surface area contributed by atoms with Crippen molar-refractivity contribution in [3.05, 3.63) is 58.2 Å². The average Bonchev–Trinajstić information content (AvgIpc) is 1.73. The number of carbonyl (C=O) groups is 17. The third-order valence-electron chi connectivity index (χ3n) is 12.3. The first-order valence-electron chi connectivity index (χ1n) is 33.4. The number of amides is 9. The second-order valence-corrected chi connectivity index (χ2v) is 26.8. The molecule has 0 aromatic heterocycles. The number of carboxylic acid groups (broad SMARTS) is 2. The molecular formula is C70H107N7O28. The van der Waals surface area contributed by atoms with Crippen LogP contribution in [0.3, 0.4) is 0 Å². The molecule has 0 aliphatic carbocycles. The largest absolute Gasteiger partial charge is 0.481 e. The molecule has 105 heavy (non-hydrogen) atoms. The Labute approximate surface area is 611 Å². The molecule has 0 atom stereocenters. The Morgan fingerprint density at radius 1 is 0.371 bits per heavy atom. The van der Waals surface area contributed by atoms with Crippen molar-refractivity contribution in [2.24, 2.45) is 11.5 Å². The van der Waals surface area contributed by atoms with Crippen molar-refractivity contribution in [3.63, 3.8) is 0 Å². The summed E-state index contributed by atoms with van der Waals surface area (Å²) in [6.07, 6.45) is 6.55. The number of carbonyl (C=O) groups excluding carboxylic acids is 15. The van der Waals surface area contributed by atoms with E-state index in [1.54, 1.807) is 34.6 Å². The molecule has 0 radical (unpaired) electrons. The summed E-state index contributed by atoms with van der Waals surface area (Å²) in [4.78, 5) is 192. The minimum atomic E-state index is -1.02. The van der Waals surface area contributed by atoms with Gasteiger partial charge in [0.2, 0.25) is 5.91 Å². The SMILES string of the molecule is CC(C)(C)OC(=O)CCN.CC(C)(C)OC(=O)CCOCCOCCN.CC1=CC(=O)N(CCC(=O)NCCOCCOCCC(=O)OC(C)(C)C)C1=O.CC1=CC(=O)N(CCC(=O)O)C1=O.CC1=CC(=O)N(CCC(=O)O)C1=O.CC1=CC(=O)N(CCC(=O)OC(C)(C)C)C1=O.CC1=CC(=O)OC1=O. The monoisotopic (exact) mass is 1490 g/mol. The molecule has 0 fully saturated rings. The Morgan fingerprint density at radius 2 is 0.657 bits per heavy atom. The first-order chi connectivity index (χ1) is 48.4. The molecule has 0 unspecified atom stereocenters. The van der Waals surface area contributed by atoms with Gasteiger partial charge in [0.15, 0.2) is 0 Å². The van der Waals surface area contributed by atoms with Crippen LogP contribution >= 0.6 is 0 Å². The molecule has 5 heterocycles. The van der Waals surface area contributed by atoms with Crippen LogP contribution in [0.15, 0.2) is 58.2 Å². The highest BCUT2D eigenvalue weighted by molar-refractivity contribution is 6.18. The molecule has 590 valence electrons. The Balaban J connectivity index is 0. The number of nitrogens with one attached hydrogen (secondary N) is 1. The first-order valence-corrected chi connectivity index (χ1v) is 33.4. The topological polar surface area (TPSA) is 491 Å². The number of imide groups is 4. The van der Waals surface area contributed by atoms with Gasteiger partial charge in [0.05, 0.1) is 91.4 Å². The number of nitrogens with two attached hydrogens (primary N) is 2. The minimum Gasteiger partial charge on any atom is -0.481 e. The number of ether oxygens (including phenoxy) is 9. The summed E-state index contributed by atoms with van der Waals surface area (Å²) in [5.41, 5.74) is 10.4. The Morgan fingerprint density at radius 3 is 0.905 bits per heavy atom. The number of carboxylic acids is 2. The van der Waals surface area contributed by atoms with E-state index in [4.69, 9.17) is 59.6 Å². The average molecular weight is 1490 g/mol. The third-order valence-corrected chi connectivity index (χ3v) is 12.3. The highest BCUT2D eigenvalue weighted by Gasteiger charge is 2.32. The summed E-state index contributed by atoms with van der Waals surface area (Å²) >= 11 is 0. The van der Waals surface area contributed by atoms with Crippen LogP contribution in [0.4, 0.5) is 0 Å². The molecule has 7 N–H and O–H groups in total. The fourth-order valence-electron chi connectivity index (χ4n) is 7.74. The van der Waals surface area contributed by atoms with Crippen molar-refractivity contribution in [2.45, 2.75) is 185 Å².